The minimum Gasteiger partial charge on any atom is -0.491 e. The first kappa shape index (κ1) is 19.6. The van der Waals surface area contributed by atoms with E-state index >= 15 is 0 Å². The standard InChI is InChI=1S/C20H33N3O3/c1-2-21-6-8-22(9-7-21)16-19(24)17-26-20-5-3-4-18(14-20)15-23-10-12-25-13-11-23/h3-5,14,19,24H,2,6-13,15-17H2,1H3/t19-/m1/s1. The number of aliphatic hydroxyl groups excluding tert-OH is 1. The zero-order chi connectivity index (χ0) is 18.2. The van der Waals surface area contributed by atoms with Crippen LogP contribution in [0.2, 0.25) is 0 Å². The van der Waals surface area contributed by atoms with E-state index in [4.69, 9.17) is 9.47 Å². The molecule has 146 valence electrons. The number of likely N-dealkylation sites (N-methyl/N-ethyl adjacent to an activating group) is 1. The number of benzene rings is 1. The molecule has 1 atom stereocenters. The Morgan fingerprint density at radius 2 is 1.77 bits per heavy atom. The van der Waals surface area contributed by atoms with Gasteiger partial charge in [0.2, 0.25) is 0 Å². The smallest absolute Gasteiger partial charge is 0.119 e. The van der Waals surface area contributed by atoms with Crippen molar-refractivity contribution in [2.75, 3.05) is 72.2 Å². The molecule has 1 N–H and O–H groups in total. The van der Waals surface area contributed by atoms with Crippen LogP contribution in [0.3, 0.4) is 0 Å². The Kier molecular flexibility index (Phi) is 7.70. The maximum absolute atomic E-state index is 10.3. The predicted octanol–water partition coefficient (Wildman–Crippen LogP) is 0.896. The van der Waals surface area contributed by atoms with Crippen molar-refractivity contribution in [3.8, 4) is 5.75 Å². The highest BCUT2D eigenvalue weighted by Gasteiger charge is 2.18. The SMILES string of the molecule is CCN1CCN(C[C@@H](O)COc2cccc(CN3CCOCC3)c2)CC1. The number of nitrogens with zero attached hydrogens (tertiary/aromatic N) is 3. The first-order valence-electron chi connectivity index (χ1n) is 9.87. The third-order valence-corrected chi connectivity index (χ3v) is 5.23. The Labute approximate surface area is 157 Å². The Morgan fingerprint density at radius 1 is 1.04 bits per heavy atom. The number of morpholine rings is 1. The molecule has 0 amide bonds. The van der Waals surface area contributed by atoms with Crippen LogP contribution in [0.4, 0.5) is 0 Å². The van der Waals surface area contributed by atoms with E-state index in [2.05, 4.69) is 33.8 Å². The molecule has 0 radical (unpaired) electrons. The van der Waals surface area contributed by atoms with E-state index in [1.807, 2.05) is 12.1 Å². The second-order valence-corrected chi connectivity index (χ2v) is 7.24. The van der Waals surface area contributed by atoms with Crippen LogP contribution < -0.4 is 4.74 Å². The number of ether oxygens (including phenoxy) is 2. The molecule has 2 saturated heterocycles. The van der Waals surface area contributed by atoms with Gasteiger partial charge in [-0.3, -0.25) is 9.80 Å². The number of aliphatic hydroxyl groups is 1. The molecule has 2 heterocycles. The van der Waals surface area contributed by atoms with E-state index in [0.29, 0.717) is 13.2 Å². The van der Waals surface area contributed by atoms with Crippen molar-refractivity contribution in [3.63, 3.8) is 0 Å². The van der Waals surface area contributed by atoms with E-state index in [0.717, 1.165) is 71.3 Å². The summed E-state index contributed by atoms with van der Waals surface area (Å²) < 4.78 is 11.3. The zero-order valence-electron chi connectivity index (χ0n) is 16.0. The van der Waals surface area contributed by atoms with Gasteiger partial charge < -0.3 is 19.5 Å². The fourth-order valence-corrected chi connectivity index (χ4v) is 3.58. The summed E-state index contributed by atoms with van der Waals surface area (Å²) in [5.41, 5.74) is 1.24. The second-order valence-electron chi connectivity index (χ2n) is 7.24. The van der Waals surface area contributed by atoms with Gasteiger partial charge in [0.05, 0.1) is 13.2 Å². The fourth-order valence-electron chi connectivity index (χ4n) is 3.58. The van der Waals surface area contributed by atoms with E-state index < -0.39 is 6.10 Å². The van der Waals surface area contributed by atoms with E-state index in [9.17, 15) is 5.11 Å². The minimum absolute atomic E-state index is 0.342. The van der Waals surface area contributed by atoms with Crippen LogP contribution in [0.25, 0.3) is 0 Å². The molecule has 0 saturated carbocycles. The predicted molar refractivity (Wildman–Crippen MR) is 103 cm³/mol. The highest BCUT2D eigenvalue weighted by atomic mass is 16.5. The summed E-state index contributed by atoms with van der Waals surface area (Å²) in [6.45, 7) is 13.1. The third-order valence-electron chi connectivity index (χ3n) is 5.23. The molecular formula is C20H33N3O3. The lowest BCUT2D eigenvalue weighted by molar-refractivity contribution is 0.0340. The molecule has 2 fully saturated rings. The van der Waals surface area contributed by atoms with Crippen LogP contribution >= 0.6 is 0 Å². The lowest BCUT2D eigenvalue weighted by Gasteiger charge is -2.34. The monoisotopic (exact) mass is 363 g/mol. The summed E-state index contributed by atoms with van der Waals surface area (Å²) >= 11 is 0. The van der Waals surface area contributed by atoms with Crippen molar-refractivity contribution in [2.45, 2.75) is 19.6 Å². The first-order valence-corrected chi connectivity index (χ1v) is 9.87. The van der Waals surface area contributed by atoms with Gasteiger partial charge in [-0.15, -0.1) is 0 Å². The second kappa shape index (κ2) is 10.2. The summed E-state index contributed by atoms with van der Waals surface area (Å²) in [5.74, 6) is 0.839. The molecule has 3 rings (SSSR count). The van der Waals surface area contributed by atoms with Crippen LogP contribution in [0.15, 0.2) is 24.3 Å². The molecular weight excluding hydrogens is 330 g/mol. The average molecular weight is 364 g/mol. The third kappa shape index (κ3) is 6.21. The molecule has 26 heavy (non-hydrogen) atoms. The minimum atomic E-state index is -0.453. The maximum atomic E-state index is 10.3. The van der Waals surface area contributed by atoms with E-state index in [1.165, 1.54) is 5.56 Å². The van der Waals surface area contributed by atoms with Crippen molar-refractivity contribution < 1.29 is 14.6 Å². The number of hydrogen-bond acceptors (Lipinski definition) is 6. The molecule has 0 spiro atoms. The van der Waals surface area contributed by atoms with Gasteiger partial charge in [0, 0.05) is 52.4 Å². The fraction of sp³-hybridized carbons (Fsp3) is 0.700. The number of piperazine rings is 1. The van der Waals surface area contributed by atoms with Crippen LogP contribution in [0, 0.1) is 0 Å². The number of hydrogen-bond donors (Lipinski definition) is 1. The van der Waals surface area contributed by atoms with Gasteiger partial charge in [-0.25, -0.2) is 0 Å². The van der Waals surface area contributed by atoms with E-state index in [1.54, 1.807) is 0 Å². The van der Waals surface area contributed by atoms with Crippen molar-refractivity contribution in [1.29, 1.82) is 0 Å². The zero-order valence-corrected chi connectivity index (χ0v) is 16.0. The summed E-state index contributed by atoms with van der Waals surface area (Å²) in [6, 6.07) is 8.21. The molecule has 2 aliphatic rings. The molecule has 0 aromatic heterocycles. The first-order chi connectivity index (χ1) is 12.7. The van der Waals surface area contributed by atoms with Crippen molar-refractivity contribution in [2.24, 2.45) is 0 Å². The highest BCUT2D eigenvalue weighted by Crippen LogP contribution is 2.16. The van der Waals surface area contributed by atoms with Gasteiger partial charge in [0.15, 0.2) is 0 Å². The van der Waals surface area contributed by atoms with Crippen LogP contribution in [0.1, 0.15) is 12.5 Å². The van der Waals surface area contributed by atoms with Gasteiger partial charge in [0.25, 0.3) is 0 Å². The molecule has 6 heteroatoms. The van der Waals surface area contributed by atoms with Gasteiger partial charge in [-0.2, -0.15) is 0 Å². The molecule has 1 aromatic rings. The van der Waals surface area contributed by atoms with E-state index in [-0.39, 0.29) is 0 Å². The quantitative estimate of drug-likeness (QED) is 0.741. The maximum Gasteiger partial charge on any atom is 0.119 e. The molecule has 0 aliphatic carbocycles. The average Bonchev–Trinajstić information content (AvgIpc) is 2.68. The van der Waals surface area contributed by atoms with Gasteiger partial charge in [-0.1, -0.05) is 19.1 Å². The molecule has 0 bridgehead atoms. The Bertz CT molecular complexity index is 529. The van der Waals surface area contributed by atoms with Crippen LogP contribution in [0.5, 0.6) is 5.75 Å². The summed E-state index contributed by atoms with van der Waals surface area (Å²) in [5, 5.41) is 10.3. The van der Waals surface area contributed by atoms with Crippen molar-refractivity contribution in [3.05, 3.63) is 29.8 Å². The van der Waals surface area contributed by atoms with Gasteiger partial charge in [-0.05, 0) is 24.2 Å². The normalized spacial score (nSPS) is 21.6. The molecule has 6 nitrogen and oxygen atoms in total. The Morgan fingerprint density at radius 3 is 2.50 bits per heavy atom. The molecule has 1 aromatic carbocycles. The van der Waals surface area contributed by atoms with Crippen LogP contribution in [-0.4, -0.2) is 98.1 Å². The molecule has 0 unspecified atom stereocenters. The van der Waals surface area contributed by atoms with Crippen molar-refractivity contribution >= 4 is 0 Å². The highest BCUT2D eigenvalue weighted by molar-refractivity contribution is 5.28. The van der Waals surface area contributed by atoms with Crippen molar-refractivity contribution in [1.82, 2.24) is 14.7 Å². The Hall–Kier alpha value is -1.18. The summed E-state index contributed by atoms with van der Waals surface area (Å²) in [7, 11) is 0. The van der Waals surface area contributed by atoms with Gasteiger partial charge >= 0.3 is 0 Å². The Balaban J connectivity index is 1.40. The summed E-state index contributed by atoms with van der Waals surface area (Å²) in [4.78, 5) is 7.17. The lowest BCUT2D eigenvalue weighted by atomic mass is 10.2. The molecule has 2 aliphatic heterocycles. The topological polar surface area (TPSA) is 48.4 Å². The number of β-amino-alcohol motifs (C(OH)–C–C–N with tert-alkyl or cyclic N) is 1. The largest absolute Gasteiger partial charge is 0.491 e. The van der Waals surface area contributed by atoms with Gasteiger partial charge in [0.1, 0.15) is 18.5 Å². The lowest BCUT2D eigenvalue weighted by Crippen LogP contribution is -2.49. The van der Waals surface area contributed by atoms with Crippen LogP contribution in [-0.2, 0) is 11.3 Å². The summed E-state index contributed by atoms with van der Waals surface area (Å²) in [6.07, 6.45) is -0.453. The number of rotatable bonds is 8.